The number of carboxylic acids is 2. The summed E-state index contributed by atoms with van der Waals surface area (Å²) in [5, 5.41) is 54.1. The molecule has 0 bridgehead atoms. The van der Waals surface area contributed by atoms with Crippen LogP contribution >= 0.6 is 0 Å². The number of likely N-dealkylation sites (N-methyl/N-ethyl adjacent to an activating group) is 1. The predicted octanol–water partition coefficient (Wildman–Crippen LogP) is -1.30. The maximum absolute atomic E-state index is 10.3. The van der Waals surface area contributed by atoms with Gasteiger partial charge in [0.25, 0.3) is 0 Å². The number of nitrogens with zero attached hydrogens (tertiary/aromatic N) is 1. The van der Waals surface area contributed by atoms with Crippen LogP contribution in [0, 0.1) is 0 Å². The van der Waals surface area contributed by atoms with Crippen LogP contribution in [-0.2, 0) is 4.79 Å². The number of hydrogen-bond donors (Lipinski definition) is 5. The zero-order valence-corrected chi connectivity index (χ0v) is 13.1. The van der Waals surface area contributed by atoms with Gasteiger partial charge in [-0.05, 0) is 12.1 Å². The second-order valence-corrected chi connectivity index (χ2v) is 5.87. The van der Waals surface area contributed by atoms with E-state index < -0.39 is 35.3 Å². The van der Waals surface area contributed by atoms with Gasteiger partial charge < -0.3 is 39.9 Å². The average Bonchev–Trinajstić information content (AvgIpc) is 2.32. The SMILES string of the molecule is C[N+](C)(C)CC(O)CC(=O)[O-].O=C(O)c1cc(O)c(O)c(O)c1. The van der Waals surface area contributed by atoms with Crippen molar-refractivity contribution in [3.63, 3.8) is 0 Å². The van der Waals surface area contributed by atoms with Crippen LogP contribution in [0.25, 0.3) is 0 Å². The summed E-state index contributed by atoms with van der Waals surface area (Å²) < 4.78 is 0.550. The van der Waals surface area contributed by atoms with Gasteiger partial charge in [0.2, 0.25) is 0 Å². The third-order valence-corrected chi connectivity index (χ3v) is 2.48. The Bertz CT molecular complexity index is 541. The van der Waals surface area contributed by atoms with Crippen molar-refractivity contribution in [3.8, 4) is 17.2 Å². The van der Waals surface area contributed by atoms with Gasteiger partial charge in [0.05, 0.1) is 26.7 Å². The Labute approximate surface area is 132 Å². The lowest BCUT2D eigenvalue weighted by Crippen LogP contribution is -2.43. The summed E-state index contributed by atoms with van der Waals surface area (Å²) in [5.41, 5.74) is -0.289. The van der Waals surface area contributed by atoms with Crippen molar-refractivity contribution in [2.75, 3.05) is 27.7 Å². The largest absolute Gasteiger partial charge is 0.550 e. The number of carbonyl (C=O) groups excluding carboxylic acids is 1. The first-order valence-corrected chi connectivity index (χ1v) is 6.50. The van der Waals surface area contributed by atoms with Gasteiger partial charge in [0.1, 0.15) is 12.6 Å². The third kappa shape index (κ3) is 8.49. The number of rotatable bonds is 5. The number of phenolic OH excluding ortho intramolecular Hbond substituents is 3. The Morgan fingerprint density at radius 1 is 1.13 bits per heavy atom. The van der Waals surface area contributed by atoms with Crippen LogP contribution < -0.4 is 5.11 Å². The van der Waals surface area contributed by atoms with Crippen molar-refractivity contribution in [2.24, 2.45) is 0 Å². The molecule has 0 aliphatic carbocycles. The molecule has 0 fully saturated rings. The molecule has 0 aliphatic rings. The second-order valence-electron chi connectivity index (χ2n) is 5.87. The summed E-state index contributed by atoms with van der Waals surface area (Å²) >= 11 is 0. The Kier molecular flexibility index (Phi) is 7.30. The van der Waals surface area contributed by atoms with Gasteiger partial charge in [-0.25, -0.2) is 4.79 Å². The smallest absolute Gasteiger partial charge is 0.335 e. The van der Waals surface area contributed by atoms with E-state index >= 15 is 0 Å². The van der Waals surface area contributed by atoms with E-state index in [2.05, 4.69) is 0 Å². The summed E-state index contributed by atoms with van der Waals surface area (Å²) in [7, 11) is 5.66. The van der Waals surface area contributed by atoms with Crippen LogP contribution in [0.3, 0.4) is 0 Å². The molecule has 1 atom stereocenters. The molecule has 1 unspecified atom stereocenters. The number of aromatic hydroxyl groups is 3. The Hall–Kier alpha value is -2.52. The van der Waals surface area contributed by atoms with E-state index in [1.54, 1.807) is 0 Å². The molecule has 1 aromatic rings. The maximum atomic E-state index is 10.3. The van der Waals surface area contributed by atoms with Crippen LogP contribution in [-0.4, -0.2) is 75.7 Å². The number of benzene rings is 1. The Morgan fingerprint density at radius 3 is 1.87 bits per heavy atom. The van der Waals surface area contributed by atoms with Gasteiger partial charge in [-0.2, -0.15) is 0 Å². The molecule has 130 valence electrons. The van der Waals surface area contributed by atoms with E-state index in [1.807, 2.05) is 21.1 Å². The zero-order chi connectivity index (χ0) is 18.4. The molecule has 0 aromatic heterocycles. The summed E-state index contributed by atoms with van der Waals surface area (Å²) in [6.07, 6.45) is -1.09. The molecule has 0 heterocycles. The molecule has 0 saturated heterocycles. The molecule has 1 aromatic carbocycles. The number of carbonyl (C=O) groups is 2. The molecule has 0 spiro atoms. The number of aliphatic carboxylic acids is 1. The summed E-state index contributed by atoms with van der Waals surface area (Å²) in [6.45, 7) is 0.425. The molecule has 0 saturated carbocycles. The fraction of sp³-hybridized carbons (Fsp3) is 0.429. The highest BCUT2D eigenvalue weighted by molar-refractivity contribution is 5.89. The van der Waals surface area contributed by atoms with Crippen molar-refractivity contribution in [1.82, 2.24) is 0 Å². The highest BCUT2D eigenvalue weighted by Crippen LogP contribution is 2.35. The maximum Gasteiger partial charge on any atom is 0.335 e. The molecular weight excluding hydrogens is 310 g/mol. The van der Waals surface area contributed by atoms with Crippen LogP contribution in [0.4, 0.5) is 0 Å². The van der Waals surface area contributed by atoms with E-state index in [-0.39, 0.29) is 12.0 Å². The lowest BCUT2D eigenvalue weighted by Gasteiger charge is -2.26. The van der Waals surface area contributed by atoms with Gasteiger partial charge in [-0.1, -0.05) is 0 Å². The fourth-order valence-corrected chi connectivity index (χ4v) is 1.62. The monoisotopic (exact) mass is 331 g/mol. The van der Waals surface area contributed by atoms with Crippen LogP contribution in [0.15, 0.2) is 12.1 Å². The first-order valence-electron chi connectivity index (χ1n) is 6.50. The van der Waals surface area contributed by atoms with E-state index in [1.165, 1.54) is 0 Å². The molecule has 9 heteroatoms. The van der Waals surface area contributed by atoms with Crippen LogP contribution in [0.5, 0.6) is 17.2 Å². The molecule has 0 amide bonds. The number of aliphatic hydroxyl groups is 1. The average molecular weight is 331 g/mol. The number of quaternary nitrogens is 1. The molecule has 9 nitrogen and oxygen atoms in total. The van der Waals surface area contributed by atoms with Gasteiger partial charge in [0, 0.05) is 12.4 Å². The van der Waals surface area contributed by atoms with Crippen LogP contribution in [0.2, 0.25) is 0 Å². The number of phenols is 3. The van der Waals surface area contributed by atoms with Crippen molar-refractivity contribution in [3.05, 3.63) is 17.7 Å². The molecule has 1 rings (SSSR count). The van der Waals surface area contributed by atoms with Gasteiger partial charge in [0.15, 0.2) is 17.2 Å². The third-order valence-electron chi connectivity index (χ3n) is 2.48. The minimum Gasteiger partial charge on any atom is -0.550 e. The van der Waals surface area contributed by atoms with E-state index in [0.717, 1.165) is 12.1 Å². The summed E-state index contributed by atoms with van der Waals surface area (Å²) in [5.74, 6) is -4.54. The van der Waals surface area contributed by atoms with Crippen molar-refractivity contribution < 1.29 is 44.7 Å². The number of hydrogen-bond acceptors (Lipinski definition) is 7. The Balaban J connectivity index is 0.000000423. The standard InChI is InChI=1S/C7H15NO3.C7H6O5/c1-8(2,3)5-6(9)4-7(10)11;8-4-1-3(7(11)12)2-5(9)6(4)10/h6,9H,4-5H2,1-3H3;1-2,8-10H,(H,11,12). The highest BCUT2D eigenvalue weighted by atomic mass is 16.4. The molecule has 0 radical (unpaired) electrons. The van der Waals surface area contributed by atoms with Crippen molar-refractivity contribution in [2.45, 2.75) is 12.5 Å². The van der Waals surface area contributed by atoms with Gasteiger partial charge >= 0.3 is 5.97 Å². The first kappa shape index (κ1) is 20.5. The lowest BCUT2D eigenvalue weighted by molar-refractivity contribution is -0.873. The van der Waals surface area contributed by atoms with Crippen molar-refractivity contribution >= 4 is 11.9 Å². The fourth-order valence-electron chi connectivity index (χ4n) is 1.62. The van der Waals surface area contributed by atoms with E-state index in [9.17, 15) is 14.7 Å². The Morgan fingerprint density at radius 2 is 1.57 bits per heavy atom. The van der Waals surface area contributed by atoms with Gasteiger partial charge in [-0.3, -0.25) is 0 Å². The molecule has 0 aliphatic heterocycles. The molecule has 23 heavy (non-hydrogen) atoms. The normalized spacial score (nSPS) is 12.0. The topological polar surface area (TPSA) is 158 Å². The minimum atomic E-state index is -1.29. The number of aromatic carboxylic acids is 1. The number of aliphatic hydroxyl groups excluding tert-OH is 1. The zero-order valence-electron chi connectivity index (χ0n) is 13.1. The number of carboxylic acid groups (broad SMARTS) is 2. The van der Waals surface area contributed by atoms with Crippen LogP contribution in [0.1, 0.15) is 16.8 Å². The highest BCUT2D eigenvalue weighted by Gasteiger charge is 2.15. The van der Waals surface area contributed by atoms with Gasteiger partial charge in [-0.15, -0.1) is 0 Å². The quantitative estimate of drug-likeness (QED) is 0.329. The van der Waals surface area contributed by atoms with Crippen molar-refractivity contribution in [1.29, 1.82) is 0 Å². The van der Waals surface area contributed by atoms with E-state index in [0.29, 0.717) is 11.0 Å². The lowest BCUT2D eigenvalue weighted by atomic mass is 10.2. The second kappa shape index (κ2) is 8.20. The molecular formula is C14H21NO8. The van der Waals surface area contributed by atoms with E-state index in [4.69, 9.17) is 25.5 Å². The minimum absolute atomic E-state index is 0.282. The summed E-state index contributed by atoms with van der Waals surface area (Å²) in [6, 6.07) is 1.69. The summed E-state index contributed by atoms with van der Waals surface area (Å²) in [4.78, 5) is 20.3. The molecule has 5 N–H and O–H groups in total. The first-order chi connectivity index (χ1) is 10.3. The predicted molar refractivity (Wildman–Crippen MR) is 76.9 cm³/mol.